The van der Waals surface area contributed by atoms with E-state index >= 15 is 0 Å². The lowest BCUT2D eigenvalue weighted by atomic mass is 10.2. The molecule has 3 amide bonds. The van der Waals surface area contributed by atoms with Gasteiger partial charge in [-0.1, -0.05) is 71.7 Å². The van der Waals surface area contributed by atoms with E-state index in [0.717, 1.165) is 11.1 Å². The fraction of sp³-hybridized carbons (Fsp3) is 0.182. The fourth-order valence-corrected chi connectivity index (χ4v) is 3.37. The largest absolute Gasteiger partial charge is 0.452 e. The highest BCUT2D eigenvalue weighted by Crippen LogP contribution is 2.24. The van der Waals surface area contributed by atoms with Crippen LogP contribution in [-0.4, -0.2) is 34.3 Å². The highest BCUT2D eigenvalue weighted by atomic mass is 35.5. The molecule has 0 aliphatic rings. The lowest BCUT2D eigenvalue weighted by molar-refractivity contribution is -0.123. The molecule has 0 radical (unpaired) electrons. The second-order valence-electron chi connectivity index (χ2n) is 6.79. The Balaban J connectivity index is 1.53. The van der Waals surface area contributed by atoms with Gasteiger partial charge in [0.2, 0.25) is 0 Å². The number of hydrogen-bond acceptors (Lipinski definition) is 5. The Morgan fingerprint density at radius 1 is 1.03 bits per heavy atom. The fourth-order valence-electron chi connectivity index (χ4n) is 2.87. The Hall–Kier alpha value is -3.36. The quantitative estimate of drug-likeness (QED) is 0.507. The summed E-state index contributed by atoms with van der Waals surface area (Å²) in [5, 5.41) is 9.50. The summed E-state index contributed by atoms with van der Waals surface area (Å²) >= 11 is 12.5. The molecular formula is C22H20Cl2N4O4. The molecule has 2 N–H and O–H groups in total. The SMILES string of the molecule is Cc1nn(Cc2ccccc2Cl)c(Cl)c1C(=O)OCC(=O)NC(=O)NCc1ccccc1. The molecule has 3 rings (SSSR count). The van der Waals surface area contributed by atoms with E-state index in [1.807, 2.05) is 42.5 Å². The van der Waals surface area contributed by atoms with E-state index in [0.29, 0.717) is 10.7 Å². The number of halogens is 2. The van der Waals surface area contributed by atoms with Crippen molar-refractivity contribution in [1.29, 1.82) is 0 Å². The zero-order valence-electron chi connectivity index (χ0n) is 17.1. The van der Waals surface area contributed by atoms with Crippen LogP contribution in [0.4, 0.5) is 4.79 Å². The van der Waals surface area contributed by atoms with Gasteiger partial charge in [-0.05, 0) is 24.1 Å². The summed E-state index contributed by atoms with van der Waals surface area (Å²) in [4.78, 5) is 36.2. The molecule has 166 valence electrons. The van der Waals surface area contributed by atoms with Gasteiger partial charge < -0.3 is 10.1 Å². The van der Waals surface area contributed by atoms with Gasteiger partial charge >= 0.3 is 12.0 Å². The van der Waals surface area contributed by atoms with Crippen LogP contribution < -0.4 is 10.6 Å². The van der Waals surface area contributed by atoms with Crippen molar-refractivity contribution in [3.8, 4) is 0 Å². The van der Waals surface area contributed by atoms with E-state index in [1.165, 1.54) is 4.68 Å². The molecule has 0 fully saturated rings. The average Bonchev–Trinajstić information content (AvgIpc) is 3.06. The highest BCUT2D eigenvalue weighted by molar-refractivity contribution is 6.33. The van der Waals surface area contributed by atoms with Crippen LogP contribution in [0.5, 0.6) is 0 Å². The van der Waals surface area contributed by atoms with Crippen molar-refractivity contribution in [2.75, 3.05) is 6.61 Å². The summed E-state index contributed by atoms with van der Waals surface area (Å²) in [5.41, 5.74) is 2.04. The zero-order chi connectivity index (χ0) is 23.1. The lowest BCUT2D eigenvalue weighted by Crippen LogP contribution is -2.41. The number of carbonyl (C=O) groups excluding carboxylic acids is 3. The molecular weight excluding hydrogens is 455 g/mol. The normalized spacial score (nSPS) is 10.5. The van der Waals surface area contributed by atoms with Crippen molar-refractivity contribution >= 4 is 41.1 Å². The number of rotatable bonds is 7. The van der Waals surface area contributed by atoms with Gasteiger partial charge in [-0.15, -0.1) is 0 Å². The Morgan fingerprint density at radius 3 is 2.44 bits per heavy atom. The number of benzene rings is 2. The Labute approximate surface area is 194 Å². The molecule has 1 heterocycles. The van der Waals surface area contributed by atoms with Crippen LogP contribution in [0.2, 0.25) is 10.2 Å². The molecule has 0 spiro atoms. The smallest absolute Gasteiger partial charge is 0.343 e. The van der Waals surface area contributed by atoms with Gasteiger partial charge in [-0.2, -0.15) is 5.10 Å². The molecule has 0 aliphatic heterocycles. The minimum absolute atomic E-state index is 0.0417. The molecule has 0 saturated carbocycles. The number of aromatic nitrogens is 2. The van der Waals surface area contributed by atoms with Crippen LogP contribution in [0, 0.1) is 6.92 Å². The van der Waals surface area contributed by atoms with Gasteiger partial charge in [-0.3, -0.25) is 10.1 Å². The molecule has 0 bridgehead atoms. The minimum Gasteiger partial charge on any atom is -0.452 e. The first-order valence-electron chi connectivity index (χ1n) is 9.60. The molecule has 0 aliphatic carbocycles. The maximum Gasteiger partial charge on any atom is 0.343 e. The molecule has 8 nitrogen and oxygen atoms in total. The Bertz CT molecular complexity index is 1130. The van der Waals surface area contributed by atoms with Crippen LogP contribution in [0.25, 0.3) is 0 Å². The van der Waals surface area contributed by atoms with Crippen LogP contribution in [0.1, 0.15) is 27.2 Å². The Morgan fingerprint density at radius 2 is 1.72 bits per heavy atom. The van der Waals surface area contributed by atoms with Gasteiger partial charge in [0, 0.05) is 11.6 Å². The Kier molecular flexibility index (Phi) is 7.86. The highest BCUT2D eigenvalue weighted by Gasteiger charge is 2.23. The first kappa shape index (κ1) is 23.3. The zero-order valence-corrected chi connectivity index (χ0v) is 18.6. The molecule has 0 saturated heterocycles. The van der Waals surface area contributed by atoms with Crippen LogP contribution in [-0.2, 0) is 22.6 Å². The average molecular weight is 475 g/mol. The van der Waals surface area contributed by atoms with Crippen LogP contribution in [0.15, 0.2) is 54.6 Å². The number of nitrogens with one attached hydrogen (secondary N) is 2. The van der Waals surface area contributed by atoms with Crippen molar-refractivity contribution in [3.05, 3.63) is 87.2 Å². The maximum atomic E-state index is 12.5. The van der Waals surface area contributed by atoms with E-state index in [9.17, 15) is 14.4 Å². The summed E-state index contributed by atoms with van der Waals surface area (Å²) in [6.45, 7) is 1.46. The van der Waals surface area contributed by atoms with Gasteiger partial charge in [0.1, 0.15) is 10.7 Å². The molecule has 0 unspecified atom stereocenters. The number of aryl methyl sites for hydroxylation is 1. The predicted octanol–water partition coefficient (Wildman–Crippen LogP) is 3.73. The lowest BCUT2D eigenvalue weighted by Gasteiger charge is -2.08. The molecule has 3 aromatic rings. The maximum absolute atomic E-state index is 12.5. The monoisotopic (exact) mass is 474 g/mol. The predicted molar refractivity (Wildman–Crippen MR) is 120 cm³/mol. The minimum atomic E-state index is -0.822. The number of hydrogen-bond donors (Lipinski definition) is 2. The number of ether oxygens (including phenoxy) is 1. The standard InChI is InChI=1S/C22H20Cl2N4O4/c1-14-19(20(24)28(27-14)12-16-9-5-6-10-17(16)23)21(30)32-13-18(29)26-22(31)25-11-15-7-3-2-4-8-15/h2-10H,11-13H2,1H3,(H2,25,26,29,31). The first-order valence-corrected chi connectivity index (χ1v) is 10.4. The number of imide groups is 1. The van der Waals surface area contributed by atoms with Crippen molar-refractivity contribution in [3.63, 3.8) is 0 Å². The van der Waals surface area contributed by atoms with E-state index in [4.69, 9.17) is 27.9 Å². The first-order chi connectivity index (χ1) is 15.3. The van der Waals surface area contributed by atoms with E-state index in [1.54, 1.807) is 19.1 Å². The second kappa shape index (κ2) is 10.8. The topological polar surface area (TPSA) is 102 Å². The number of nitrogens with zero attached hydrogens (tertiary/aromatic N) is 2. The molecule has 32 heavy (non-hydrogen) atoms. The van der Waals surface area contributed by atoms with Crippen molar-refractivity contribution in [1.82, 2.24) is 20.4 Å². The third-order valence-electron chi connectivity index (χ3n) is 4.43. The third kappa shape index (κ3) is 6.09. The summed E-state index contributed by atoms with van der Waals surface area (Å²) in [5.74, 6) is -1.60. The van der Waals surface area contributed by atoms with E-state index < -0.39 is 24.5 Å². The van der Waals surface area contributed by atoms with Crippen molar-refractivity contribution in [2.45, 2.75) is 20.0 Å². The second-order valence-corrected chi connectivity index (χ2v) is 7.56. The van der Waals surface area contributed by atoms with Crippen LogP contribution in [0.3, 0.4) is 0 Å². The third-order valence-corrected chi connectivity index (χ3v) is 5.18. The number of urea groups is 1. The molecule has 0 atom stereocenters. The number of carbonyl (C=O) groups is 3. The van der Waals surface area contributed by atoms with Gasteiger partial charge in [0.05, 0.1) is 12.2 Å². The summed E-state index contributed by atoms with van der Waals surface area (Å²) in [6, 6.07) is 15.7. The molecule has 1 aromatic heterocycles. The summed E-state index contributed by atoms with van der Waals surface area (Å²) < 4.78 is 6.43. The number of esters is 1. The van der Waals surface area contributed by atoms with Gasteiger partial charge in [0.25, 0.3) is 5.91 Å². The molecule has 10 heteroatoms. The summed E-state index contributed by atoms with van der Waals surface area (Å²) in [6.07, 6.45) is 0. The molecule has 2 aromatic carbocycles. The van der Waals surface area contributed by atoms with E-state index in [-0.39, 0.29) is 23.8 Å². The number of amides is 3. The summed E-state index contributed by atoms with van der Waals surface area (Å²) in [7, 11) is 0. The van der Waals surface area contributed by atoms with Crippen LogP contribution >= 0.6 is 23.2 Å². The van der Waals surface area contributed by atoms with Gasteiger partial charge in [0.15, 0.2) is 6.61 Å². The van der Waals surface area contributed by atoms with Crippen molar-refractivity contribution < 1.29 is 19.1 Å². The van der Waals surface area contributed by atoms with Crippen molar-refractivity contribution in [2.24, 2.45) is 0 Å². The van der Waals surface area contributed by atoms with Gasteiger partial charge in [-0.25, -0.2) is 14.3 Å². The van der Waals surface area contributed by atoms with E-state index in [2.05, 4.69) is 15.7 Å².